The highest BCUT2D eigenvalue weighted by Crippen LogP contribution is 2.02. The zero-order chi connectivity index (χ0) is 9.14. The Hall–Kier alpha value is -0.610. The van der Waals surface area contributed by atoms with Crippen molar-refractivity contribution in [1.29, 1.82) is 0 Å². The minimum Gasteiger partial charge on any atom is -0.340 e. The van der Waals surface area contributed by atoms with Crippen LogP contribution in [0.25, 0.3) is 0 Å². The first-order valence-corrected chi connectivity index (χ1v) is 4.29. The first-order valence-electron chi connectivity index (χ1n) is 4.29. The minimum atomic E-state index is 0.188. The molecule has 1 heterocycles. The second kappa shape index (κ2) is 3.87. The number of amides is 1. The molecule has 1 saturated heterocycles. The van der Waals surface area contributed by atoms with Crippen LogP contribution in [0.1, 0.15) is 6.92 Å². The van der Waals surface area contributed by atoms with Crippen molar-refractivity contribution in [1.82, 2.24) is 14.9 Å². The fourth-order valence-electron chi connectivity index (χ4n) is 1.41. The van der Waals surface area contributed by atoms with E-state index in [0.29, 0.717) is 0 Å². The minimum absolute atomic E-state index is 0.188. The molecule has 0 aromatic carbocycles. The summed E-state index contributed by atoms with van der Waals surface area (Å²) in [6.45, 7) is 5.24. The summed E-state index contributed by atoms with van der Waals surface area (Å²) in [5.41, 5.74) is 0. The highest BCUT2D eigenvalue weighted by atomic mass is 16.2. The lowest BCUT2D eigenvalue weighted by molar-refractivity contribution is -0.133. The summed E-state index contributed by atoms with van der Waals surface area (Å²) in [5, 5.41) is 4.32. The van der Waals surface area contributed by atoms with Crippen LogP contribution in [0.4, 0.5) is 0 Å². The summed E-state index contributed by atoms with van der Waals surface area (Å²) in [5.74, 6) is 0.188. The summed E-state index contributed by atoms with van der Waals surface area (Å²) < 4.78 is 0. The van der Waals surface area contributed by atoms with E-state index in [1.54, 1.807) is 6.92 Å². The van der Waals surface area contributed by atoms with Crippen molar-refractivity contribution in [2.75, 3.05) is 40.3 Å². The Morgan fingerprint density at radius 1 is 1.17 bits per heavy atom. The maximum absolute atomic E-state index is 11.0. The smallest absolute Gasteiger partial charge is 0.219 e. The maximum Gasteiger partial charge on any atom is 0.219 e. The number of hydrazine groups is 1. The van der Waals surface area contributed by atoms with Crippen molar-refractivity contribution in [2.45, 2.75) is 6.92 Å². The van der Waals surface area contributed by atoms with Gasteiger partial charge in [0, 0.05) is 47.2 Å². The third-order valence-electron chi connectivity index (χ3n) is 2.27. The van der Waals surface area contributed by atoms with Gasteiger partial charge in [0.2, 0.25) is 5.91 Å². The van der Waals surface area contributed by atoms with E-state index in [1.165, 1.54) is 0 Å². The molecule has 1 fully saturated rings. The van der Waals surface area contributed by atoms with Crippen LogP contribution in [0, 0.1) is 0 Å². The number of hydrogen-bond donors (Lipinski definition) is 0. The van der Waals surface area contributed by atoms with Gasteiger partial charge in [-0.25, -0.2) is 10.0 Å². The molecular formula is C8H17N3O. The van der Waals surface area contributed by atoms with Crippen molar-refractivity contribution in [3.05, 3.63) is 0 Å². The van der Waals surface area contributed by atoms with Gasteiger partial charge in [-0.3, -0.25) is 4.79 Å². The topological polar surface area (TPSA) is 26.8 Å². The Balaban J connectivity index is 2.34. The molecule has 0 unspecified atom stereocenters. The van der Waals surface area contributed by atoms with Gasteiger partial charge in [-0.2, -0.15) is 0 Å². The third-order valence-corrected chi connectivity index (χ3v) is 2.27. The molecule has 1 amide bonds. The van der Waals surface area contributed by atoms with E-state index < -0.39 is 0 Å². The summed E-state index contributed by atoms with van der Waals surface area (Å²) in [4.78, 5) is 12.9. The number of hydrogen-bond acceptors (Lipinski definition) is 3. The fraction of sp³-hybridized carbons (Fsp3) is 0.875. The van der Waals surface area contributed by atoms with Gasteiger partial charge in [-0.1, -0.05) is 0 Å². The van der Waals surface area contributed by atoms with Crippen molar-refractivity contribution in [2.24, 2.45) is 0 Å². The largest absolute Gasteiger partial charge is 0.340 e. The SMILES string of the molecule is CC(=O)N1CCN(N(C)C)CC1. The van der Waals surface area contributed by atoms with Crippen LogP contribution in [-0.4, -0.2) is 61.1 Å². The molecule has 0 saturated carbocycles. The Labute approximate surface area is 73.7 Å². The van der Waals surface area contributed by atoms with Gasteiger partial charge in [-0.15, -0.1) is 0 Å². The molecule has 1 aliphatic heterocycles. The Kier molecular flexibility index (Phi) is 3.05. The van der Waals surface area contributed by atoms with Gasteiger partial charge in [-0.05, 0) is 0 Å². The summed E-state index contributed by atoms with van der Waals surface area (Å²) in [7, 11) is 4.06. The van der Waals surface area contributed by atoms with Crippen LogP contribution in [0.15, 0.2) is 0 Å². The average molecular weight is 171 g/mol. The third kappa shape index (κ3) is 2.19. The lowest BCUT2D eigenvalue weighted by Gasteiger charge is -2.37. The summed E-state index contributed by atoms with van der Waals surface area (Å²) >= 11 is 0. The van der Waals surface area contributed by atoms with Gasteiger partial charge >= 0.3 is 0 Å². The highest BCUT2D eigenvalue weighted by Gasteiger charge is 2.18. The quantitative estimate of drug-likeness (QED) is 0.538. The molecule has 0 bridgehead atoms. The van der Waals surface area contributed by atoms with Gasteiger partial charge < -0.3 is 4.90 Å². The molecule has 0 spiro atoms. The number of carbonyl (C=O) groups is 1. The van der Waals surface area contributed by atoms with Gasteiger partial charge in [0.15, 0.2) is 0 Å². The second-order valence-electron chi connectivity index (χ2n) is 3.31. The lowest BCUT2D eigenvalue weighted by atomic mass is 10.3. The number of carbonyl (C=O) groups excluding carboxylic acids is 1. The van der Waals surface area contributed by atoms with Crippen LogP contribution in [-0.2, 0) is 4.79 Å². The zero-order valence-corrected chi connectivity index (χ0v) is 8.08. The predicted molar refractivity (Wildman–Crippen MR) is 47.5 cm³/mol. The van der Waals surface area contributed by atoms with Gasteiger partial charge in [0.25, 0.3) is 0 Å². The monoisotopic (exact) mass is 171 g/mol. The Morgan fingerprint density at radius 3 is 2.00 bits per heavy atom. The van der Waals surface area contributed by atoms with Crippen LogP contribution in [0.5, 0.6) is 0 Å². The van der Waals surface area contributed by atoms with E-state index in [1.807, 2.05) is 19.0 Å². The van der Waals surface area contributed by atoms with Crippen LogP contribution in [0.2, 0.25) is 0 Å². The van der Waals surface area contributed by atoms with E-state index in [0.717, 1.165) is 26.2 Å². The molecule has 0 aromatic rings. The van der Waals surface area contributed by atoms with Crippen molar-refractivity contribution < 1.29 is 4.79 Å². The molecule has 1 rings (SSSR count). The number of nitrogens with zero attached hydrogens (tertiary/aromatic N) is 3. The molecule has 4 nitrogen and oxygen atoms in total. The normalized spacial score (nSPS) is 20.2. The van der Waals surface area contributed by atoms with Gasteiger partial charge in [0.1, 0.15) is 0 Å². The van der Waals surface area contributed by atoms with E-state index >= 15 is 0 Å². The first kappa shape index (κ1) is 9.48. The maximum atomic E-state index is 11.0. The van der Waals surface area contributed by atoms with Crippen LogP contribution in [0.3, 0.4) is 0 Å². The molecule has 4 heteroatoms. The molecule has 1 aliphatic rings. The molecule has 70 valence electrons. The summed E-state index contributed by atoms with van der Waals surface area (Å²) in [6, 6.07) is 0. The first-order chi connectivity index (χ1) is 5.61. The van der Waals surface area contributed by atoms with Crippen molar-refractivity contribution in [3.63, 3.8) is 0 Å². The molecule has 0 N–H and O–H groups in total. The fourth-order valence-corrected chi connectivity index (χ4v) is 1.41. The molecular weight excluding hydrogens is 154 g/mol. The van der Waals surface area contributed by atoms with E-state index in [-0.39, 0.29) is 5.91 Å². The van der Waals surface area contributed by atoms with Crippen LogP contribution < -0.4 is 0 Å². The van der Waals surface area contributed by atoms with Gasteiger partial charge in [0.05, 0.1) is 0 Å². The van der Waals surface area contributed by atoms with E-state index in [4.69, 9.17) is 0 Å². The molecule has 0 aromatic heterocycles. The highest BCUT2D eigenvalue weighted by molar-refractivity contribution is 5.73. The molecule has 0 atom stereocenters. The Morgan fingerprint density at radius 2 is 1.67 bits per heavy atom. The molecule has 0 aliphatic carbocycles. The average Bonchev–Trinajstić information content (AvgIpc) is 2.04. The summed E-state index contributed by atoms with van der Waals surface area (Å²) in [6.07, 6.45) is 0. The van der Waals surface area contributed by atoms with Crippen molar-refractivity contribution in [3.8, 4) is 0 Å². The zero-order valence-electron chi connectivity index (χ0n) is 8.08. The second-order valence-corrected chi connectivity index (χ2v) is 3.31. The lowest BCUT2D eigenvalue weighted by Crippen LogP contribution is -2.52. The standard InChI is InChI=1S/C8H17N3O/c1-8(12)10-4-6-11(7-5-10)9(2)3/h4-7H2,1-3H3. The molecule has 0 radical (unpaired) electrons. The van der Waals surface area contributed by atoms with Crippen molar-refractivity contribution >= 4 is 5.91 Å². The van der Waals surface area contributed by atoms with E-state index in [2.05, 4.69) is 10.0 Å². The molecule has 12 heavy (non-hydrogen) atoms. The van der Waals surface area contributed by atoms with Crippen LogP contribution >= 0.6 is 0 Å². The van der Waals surface area contributed by atoms with E-state index in [9.17, 15) is 4.79 Å². The predicted octanol–water partition coefficient (Wildman–Crippen LogP) is -0.373. The number of rotatable bonds is 1. The number of piperazine rings is 1. The Bertz CT molecular complexity index is 162.